The number of hydrogen-bond acceptors (Lipinski definition) is 3. The molecule has 2 N–H and O–H groups in total. The zero-order chi connectivity index (χ0) is 15.8. The van der Waals surface area contributed by atoms with Crippen LogP contribution in [-0.2, 0) is 0 Å². The SMILES string of the molecule is COc1ccc(NC(=S)N[C@@H]2C[C@@H]3CC[C@@H]2C3)c2cccnc12. The van der Waals surface area contributed by atoms with Crippen molar-refractivity contribution in [2.45, 2.75) is 31.7 Å². The van der Waals surface area contributed by atoms with Crippen LogP contribution in [0.2, 0.25) is 0 Å². The molecule has 0 amide bonds. The first kappa shape index (κ1) is 14.7. The van der Waals surface area contributed by atoms with E-state index in [9.17, 15) is 0 Å². The van der Waals surface area contributed by atoms with Crippen LogP contribution < -0.4 is 15.4 Å². The maximum absolute atomic E-state index is 5.54. The highest BCUT2D eigenvalue weighted by Crippen LogP contribution is 2.44. The summed E-state index contributed by atoms with van der Waals surface area (Å²) in [5, 5.41) is 8.59. The molecule has 2 aliphatic carbocycles. The van der Waals surface area contributed by atoms with E-state index in [4.69, 9.17) is 17.0 Å². The number of nitrogens with one attached hydrogen (secondary N) is 2. The molecule has 2 bridgehead atoms. The predicted octanol–water partition coefficient (Wildman–Crippen LogP) is 3.72. The molecule has 0 unspecified atom stereocenters. The average Bonchev–Trinajstić information content (AvgIpc) is 3.18. The van der Waals surface area contributed by atoms with Crippen LogP contribution in [0.1, 0.15) is 25.7 Å². The number of thiocarbonyl (C=S) groups is 1. The Hall–Kier alpha value is -1.88. The van der Waals surface area contributed by atoms with E-state index in [-0.39, 0.29) is 0 Å². The van der Waals surface area contributed by atoms with Crippen LogP contribution in [0.25, 0.3) is 10.9 Å². The lowest BCUT2D eigenvalue weighted by Crippen LogP contribution is -2.40. The Bertz CT molecular complexity index is 748. The molecule has 0 saturated heterocycles. The maximum atomic E-state index is 5.54. The van der Waals surface area contributed by atoms with Crippen molar-refractivity contribution < 1.29 is 4.74 Å². The summed E-state index contributed by atoms with van der Waals surface area (Å²) in [5.41, 5.74) is 1.82. The third kappa shape index (κ3) is 2.74. The summed E-state index contributed by atoms with van der Waals surface area (Å²) < 4.78 is 5.39. The molecular formula is C18H21N3OS. The van der Waals surface area contributed by atoms with Crippen LogP contribution in [0, 0.1) is 11.8 Å². The van der Waals surface area contributed by atoms with Crippen LogP contribution in [0.4, 0.5) is 5.69 Å². The minimum Gasteiger partial charge on any atom is -0.494 e. The second kappa shape index (κ2) is 5.96. The Labute approximate surface area is 141 Å². The summed E-state index contributed by atoms with van der Waals surface area (Å²) in [7, 11) is 1.66. The van der Waals surface area contributed by atoms with E-state index < -0.39 is 0 Å². The van der Waals surface area contributed by atoms with Gasteiger partial charge in [-0.1, -0.05) is 6.42 Å². The molecule has 0 radical (unpaired) electrons. The molecule has 1 aromatic carbocycles. The lowest BCUT2D eigenvalue weighted by molar-refractivity contribution is 0.392. The second-order valence-electron chi connectivity index (χ2n) is 6.59. The molecule has 5 heteroatoms. The number of rotatable bonds is 3. The van der Waals surface area contributed by atoms with Crippen molar-refractivity contribution >= 4 is 33.9 Å². The van der Waals surface area contributed by atoms with Crippen molar-refractivity contribution in [3.05, 3.63) is 30.5 Å². The fourth-order valence-electron chi connectivity index (χ4n) is 4.17. The Morgan fingerprint density at radius 1 is 1.26 bits per heavy atom. The Kier molecular flexibility index (Phi) is 3.81. The monoisotopic (exact) mass is 327 g/mol. The molecule has 4 nitrogen and oxygen atoms in total. The zero-order valence-corrected chi connectivity index (χ0v) is 14.0. The Balaban J connectivity index is 1.52. The van der Waals surface area contributed by atoms with E-state index in [1.807, 2.05) is 24.3 Å². The summed E-state index contributed by atoms with van der Waals surface area (Å²) in [4.78, 5) is 4.43. The van der Waals surface area contributed by atoms with Gasteiger partial charge in [-0.25, -0.2) is 0 Å². The molecular weight excluding hydrogens is 306 g/mol. The van der Waals surface area contributed by atoms with Crippen molar-refractivity contribution in [3.63, 3.8) is 0 Å². The van der Waals surface area contributed by atoms with Crippen LogP contribution in [0.5, 0.6) is 5.75 Å². The van der Waals surface area contributed by atoms with Crippen LogP contribution in [0.3, 0.4) is 0 Å². The number of ether oxygens (including phenoxy) is 1. The molecule has 0 spiro atoms. The van der Waals surface area contributed by atoms with Gasteiger partial charge in [0.05, 0.1) is 7.11 Å². The fraction of sp³-hybridized carbons (Fsp3) is 0.444. The number of benzene rings is 1. The molecule has 2 saturated carbocycles. The van der Waals surface area contributed by atoms with E-state index in [1.54, 1.807) is 13.3 Å². The maximum Gasteiger partial charge on any atom is 0.171 e. The zero-order valence-electron chi connectivity index (χ0n) is 13.2. The van der Waals surface area contributed by atoms with Gasteiger partial charge >= 0.3 is 0 Å². The summed E-state index contributed by atoms with van der Waals surface area (Å²) in [6, 6.07) is 8.43. The van der Waals surface area contributed by atoms with E-state index in [1.165, 1.54) is 25.7 Å². The van der Waals surface area contributed by atoms with Crippen LogP contribution >= 0.6 is 12.2 Å². The highest BCUT2D eigenvalue weighted by atomic mass is 32.1. The van der Waals surface area contributed by atoms with Gasteiger partial charge in [-0.2, -0.15) is 0 Å². The molecule has 2 aromatic rings. The highest BCUT2D eigenvalue weighted by molar-refractivity contribution is 7.80. The number of methoxy groups -OCH3 is 1. The predicted molar refractivity (Wildman–Crippen MR) is 96.9 cm³/mol. The molecule has 23 heavy (non-hydrogen) atoms. The minimum atomic E-state index is 0.538. The summed E-state index contributed by atoms with van der Waals surface area (Å²) in [6.07, 6.45) is 7.16. The van der Waals surface area contributed by atoms with E-state index in [2.05, 4.69) is 15.6 Å². The van der Waals surface area contributed by atoms with Crippen LogP contribution in [0.15, 0.2) is 30.5 Å². The molecule has 0 aliphatic heterocycles. The van der Waals surface area contributed by atoms with Gasteiger partial charge in [0.15, 0.2) is 5.11 Å². The van der Waals surface area contributed by atoms with Crippen LogP contribution in [-0.4, -0.2) is 23.2 Å². The molecule has 120 valence electrons. The third-order valence-electron chi connectivity index (χ3n) is 5.26. The Morgan fingerprint density at radius 2 is 2.17 bits per heavy atom. The van der Waals surface area contributed by atoms with Gasteiger partial charge < -0.3 is 15.4 Å². The van der Waals surface area contributed by atoms with Gasteiger partial charge in [-0.3, -0.25) is 4.98 Å². The summed E-state index contributed by atoms with van der Waals surface area (Å²) in [6.45, 7) is 0. The number of fused-ring (bicyclic) bond motifs is 3. The number of aromatic nitrogens is 1. The third-order valence-corrected chi connectivity index (χ3v) is 5.48. The quantitative estimate of drug-likeness (QED) is 0.841. The molecule has 1 heterocycles. The van der Waals surface area contributed by atoms with Gasteiger partial charge in [0.25, 0.3) is 0 Å². The average molecular weight is 327 g/mol. The van der Waals surface area contributed by atoms with Crippen molar-refractivity contribution in [1.82, 2.24) is 10.3 Å². The number of anilines is 1. The van der Waals surface area contributed by atoms with Gasteiger partial charge in [0.1, 0.15) is 11.3 Å². The summed E-state index contributed by atoms with van der Waals surface area (Å²) in [5.74, 6) is 2.48. The lowest BCUT2D eigenvalue weighted by atomic mass is 9.95. The highest BCUT2D eigenvalue weighted by Gasteiger charge is 2.39. The van der Waals surface area contributed by atoms with Crippen molar-refractivity contribution in [1.29, 1.82) is 0 Å². The first-order valence-corrected chi connectivity index (χ1v) is 8.64. The normalized spacial score (nSPS) is 25.5. The smallest absolute Gasteiger partial charge is 0.171 e. The van der Waals surface area contributed by atoms with Gasteiger partial charge in [-0.15, -0.1) is 0 Å². The fourth-order valence-corrected chi connectivity index (χ4v) is 4.43. The molecule has 3 atom stereocenters. The number of pyridine rings is 1. The van der Waals surface area contributed by atoms with Crippen molar-refractivity contribution in [2.75, 3.05) is 12.4 Å². The lowest BCUT2D eigenvalue weighted by Gasteiger charge is -2.24. The largest absolute Gasteiger partial charge is 0.494 e. The molecule has 1 aromatic heterocycles. The number of nitrogens with zero attached hydrogens (tertiary/aromatic N) is 1. The first-order chi connectivity index (χ1) is 11.2. The Morgan fingerprint density at radius 3 is 2.91 bits per heavy atom. The van der Waals surface area contributed by atoms with Gasteiger partial charge in [-0.05, 0) is 67.6 Å². The molecule has 4 rings (SSSR count). The minimum absolute atomic E-state index is 0.538. The van der Waals surface area contributed by atoms with Gasteiger partial charge in [0, 0.05) is 23.3 Å². The summed E-state index contributed by atoms with van der Waals surface area (Å²) >= 11 is 5.54. The standard InChI is InChI=1S/C18H21N3OS/c1-22-16-7-6-14(13-3-2-8-19-17(13)16)20-18(23)21-15-10-11-4-5-12(15)9-11/h2-3,6-8,11-12,15H,4-5,9-10H2,1H3,(H2,20,21,23)/t11-,12-,15-/m1/s1. The topological polar surface area (TPSA) is 46.2 Å². The first-order valence-electron chi connectivity index (χ1n) is 8.24. The molecule has 2 aliphatic rings. The van der Waals surface area contributed by atoms with Crippen molar-refractivity contribution in [3.8, 4) is 5.75 Å². The van der Waals surface area contributed by atoms with E-state index >= 15 is 0 Å². The van der Waals surface area contributed by atoms with Gasteiger partial charge in [0.2, 0.25) is 0 Å². The van der Waals surface area contributed by atoms with E-state index in [0.29, 0.717) is 11.2 Å². The molecule has 2 fully saturated rings. The second-order valence-corrected chi connectivity index (χ2v) is 7.00. The number of hydrogen-bond donors (Lipinski definition) is 2. The van der Waals surface area contributed by atoms with Crippen molar-refractivity contribution in [2.24, 2.45) is 11.8 Å². The van der Waals surface area contributed by atoms with E-state index in [0.717, 1.165) is 34.2 Å².